The number of hydrogen-bond donors (Lipinski definition) is 2. The summed E-state index contributed by atoms with van der Waals surface area (Å²) in [6, 6.07) is 5.84. The molecule has 2 N–H and O–H groups in total. The maximum absolute atomic E-state index is 15.8. The van der Waals surface area contributed by atoms with Gasteiger partial charge in [-0.2, -0.15) is 0 Å². The number of nitrogens with one attached hydrogen (secondary N) is 2. The maximum Gasteiger partial charge on any atom is 0.237 e. The van der Waals surface area contributed by atoms with Gasteiger partial charge in [0.2, 0.25) is 5.91 Å². The smallest absolute Gasteiger partial charge is 0.237 e. The summed E-state index contributed by atoms with van der Waals surface area (Å²) in [5, 5.41) is 6.14. The van der Waals surface area contributed by atoms with E-state index in [0.717, 1.165) is 32.5 Å². The van der Waals surface area contributed by atoms with E-state index in [2.05, 4.69) is 10.6 Å². The molecular weight excluding hydrogens is 557 g/mol. The van der Waals surface area contributed by atoms with Crippen molar-refractivity contribution in [1.82, 2.24) is 5.32 Å². The van der Waals surface area contributed by atoms with Gasteiger partial charge in [0.25, 0.3) is 0 Å². The van der Waals surface area contributed by atoms with Crippen LogP contribution in [0.5, 0.6) is 0 Å². The van der Waals surface area contributed by atoms with Gasteiger partial charge in [0.05, 0.1) is 16.1 Å². The topological polar surface area (TPSA) is 67.4 Å². The van der Waals surface area contributed by atoms with Gasteiger partial charge in [-0.3, -0.25) is 9.59 Å². The van der Waals surface area contributed by atoms with Crippen LogP contribution in [0.4, 0.5) is 14.5 Å². The van der Waals surface area contributed by atoms with Crippen molar-refractivity contribution in [3.8, 4) is 0 Å². The number of carbonyl (C=O) groups is 2. The van der Waals surface area contributed by atoms with Crippen LogP contribution in [0.3, 0.4) is 0 Å². The predicted molar refractivity (Wildman–Crippen MR) is 153 cm³/mol. The molecule has 3 aliphatic rings. The Hall–Kier alpha value is -2.06. The lowest BCUT2D eigenvalue weighted by Gasteiger charge is -2.37. The van der Waals surface area contributed by atoms with Gasteiger partial charge in [-0.05, 0) is 72.8 Å². The van der Waals surface area contributed by atoms with E-state index in [1.807, 2.05) is 20.8 Å². The number of ether oxygens (including phenoxy) is 1. The van der Waals surface area contributed by atoms with E-state index in [1.165, 1.54) is 18.2 Å². The minimum atomic E-state index is -1.46. The van der Waals surface area contributed by atoms with E-state index in [9.17, 15) is 9.59 Å². The number of halogens is 4. The molecule has 3 heterocycles. The Kier molecular flexibility index (Phi) is 8.33. The average molecular weight is 594 g/mol. The number of anilines is 1. The Morgan fingerprint density at radius 3 is 2.55 bits per heavy atom. The summed E-state index contributed by atoms with van der Waals surface area (Å²) in [4.78, 5) is 28.1. The molecule has 0 unspecified atom stereocenters. The Labute approximate surface area is 244 Å². The fourth-order valence-corrected chi connectivity index (χ4v) is 7.32. The van der Waals surface area contributed by atoms with Crippen molar-refractivity contribution in [3.63, 3.8) is 0 Å². The van der Waals surface area contributed by atoms with Crippen molar-refractivity contribution >= 4 is 40.6 Å². The summed E-state index contributed by atoms with van der Waals surface area (Å²) >= 11 is 12.3. The Balaban J connectivity index is 1.61. The fourth-order valence-electron chi connectivity index (χ4n) is 6.97. The minimum Gasteiger partial charge on any atom is -0.381 e. The van der Waals surface area contributed by atoms with E-state index < -0.39 is 41.0 Å². The van der Waals surface area contributed by atoms with Gasteiger partial charge < -0.3 is 15.4 Å². The molecule has 0 aromatic heterocycles. The summed E-state index contributed by atoms with van der Waals surface area (Å²) in [5.74, 6) is -2.30. The first-order valence-electron chi connectivity index (χ1n) is 14.0. The number of hydrogen-bond acceptors (Lipinski definition) is 4. The largest absolute Gasteiger partial charge is 0.381 e. The van der Waals surface area contributed by atoms with Crippen LogP contribution in [0.15, 0.2) is 30.3 Å². The molecule has 0 radical (unpaired) electrons. The number of benzene rings is 2. The molecule has 1 amide bonds. The lowest BCUT2D eigenvalue weighted by molar-refractivity contribution is -0.122. The maximum atomic E-state index is 15.8. The zero-order chi connectivity index (χ0) is 28.8. The number of Topliss-reactive ketones (excluding diaryl/α,β-unsaturated/α-hetero) is 1. The van der Waals surface area contributed by atoms with E-state index >= 15 is 8.78 Å². The zero-order valence-electron chi connectivity index (χ0n) is 23.1. The van der Waals surface area contributed by atoms with Gasteiger partial charge in [-0.15, -0.1) is 0 Å². The van der Waals surface area contributed by atoms with Gasteiger partial charge in [0.1, 0.15) is 22.8 Å². The predicted octanol–water partition coefficient (Wildman–Crippen LogP) is 7.19. The molecule has 2 fully saturated rings. The lowest BCUT2D eigenvalue weighted by atomic mass is 9.62. The second-order valence-electron chi connectivity index (χ2n) is 12.6. The van der Waals surface area contributed by atoms with Crippen molar-refractivity contribution in [2.45, 2.75) is 82.7 Å². The summed E-state index contributed by atoms with van der Waals surface area (Å²) in [7, 11) is 0. The number of ketones is 1. The number of carbonyl (C=O) groups excluding carboxylic acids is 2. The fraction of sp³-hybridized carbons (Fsp3) is 0.548. The Morgan fingerprint density at radius 1 is 1.12 bits per heavy atom. The van der Waals surface area contributed by atoms with Gasteiger partial charge in [0.15, 0.2) is 0 Å². The quantitative estimate of drug-likeness (QED) is 0.357. The SMILES string of the molecule is CC(C)(C)C[C@H]1N[C@@H](C(=O)CCCC2CCOCC2)[C@H](c2cccc(Cl)c2F)[C@@]12C(=O)Nc1cc(Cl)c(F)cc12. The third kappa shape index (κ3) is 5.31. The summed E-state index contributed by atoms with van der Waals surface area (Å²) in [6.45, 7) is 7.60. The Bertz CT molecular complexity index is 1310. The highest BCUT2D eigenvalue weighted by Gasteiger charge is 2.66. The molecule has 3 aliphatic heterocycles. The van der Waals surface area contributed by atoms with Gasteiger partial charge >= 0.3 is 0 Å². The molecule has 40 heavy (non-hydrogen) atoms. The summed E-state index contributed by atoms with van der Waals surface area (Å²) < 4.78 is 36.3. The van der Waals surface area contributed by atoms with Crippen LogP contribution in [0.25, 0.3) is 0 Å². The average Bonchev–Trinajstić information content (AvgIpc) is 3.36. The van der Waals surface area contributed by atoms with Gasteiger partial charge in [-0.25, -0.2) is 8.78 Å². The first-order chi connectivity index (χ1) is 18.9. The van der Waals surface area contributed by atoms with Crippen LogP contribution in [0.2, 0.25) is 10.0 Å². The third-order valence-corrected chi connectivity index (χ3v) is 9.32. The standard InChI is InChI=1S/C31H36Cl2F2N2O3/c1-30(2,3)16-25-31(19-14-22(34)21(33)15-23(19)36-29(31)39)26(18-7-5-8-20(32)27(18)35)28(37-25)24(38)9-4-6-17-10-12-40-13-11-17/h5,7-8,14-15,17,25-26,28,37H,4,6,9-13,16H2,1-3H3,(H,36,39)/t25-,26+,28+,31+/m1/s1. The first kappa shape index (κ1) is 29.4. The zero-order valence-corrected chi connectivity index (χ0v) is 24.6. The molecule has 2 saturated heterocycles. The number of amides is 1. The van der Waals surface area contributed by atoms with Crippen molar-refractivity contribution in [2.24, 2.45) is 11.3 Å². The monoisotopic (exact) mass is 592 g/mol. The van der Waals surface area contributed by atoms with Crippen molar-refractivity contribution in [2.75, 3.05) is 18.5 Å². The molecule has 1 spiro atoms. The molecule has 5 rings (SSSR count). The summed E-state index contributed by atoms with van der Waals surface area (Å²) in [5.41, 5.74) is -0.810. The third-order valence-electron chi connectivity index (χ3n) is 8.74. The first-order valence-corrected chi connectivity index (χ1v) is 14.8. The highest BCUT2D eigenvalue weighted by molar-refractivity contribution is 6.31. The van der Waals surface area contributed by atoms with Crippen LogP contribution in [0.1, 0.15) is 76.3 Å². The summed E-state index contributed by atoms with van der Waals surface area (Å²) in [6.07, 6.45) is 4.32. The second-order valence-corrected chi connectivity index (χ2v) is 13.4. The van der Waals surface area contributed by atoms with Crippen molar-refractivity contribution in [3.05, 3.63) is 63.1 Å². The van der Waals surface area contributed by atoms with Gasteiger partial charge in [-0.1, -0.05) is 56.1 Å². The Morgan fingerprint density at radius 2 is 1.85 bits per heavy atom. The van der Waals surface area contributed by atoms with E-state index in [4.69, 9.17) is 27.9 Å². The van der Waals surface area contributed by atoms with Gasteiger partial charge in [0, 0.05) is 37.3 Å². The molecule has 216 valence electrons. The highest BCUT2D eigenvalue weighted by Crippen LogP contribution is 2.57. The minimum absolute atomic E-state index is 0.0945. The molecule has 2 aromatic carbocycles. The molecule has 2 aromatic rings. The van der Waals surface area contributed by atoms with Crippen molar-refractivity contribution in [1.29, 1.82) is 0 Å². The van der Waals surface area contributed by atoms with Crippen LogP contribution in [0, 0.1) is 23.0 Å². The molecule has 0 saturated carbocycles. The molecular formula is C31H36Cl2F2N2O3. The molecule has 4 atom stereocenters. The molecule has 9 heteroatoms. The van der Waals surface area contributed by atoms with Crippen LogP contribution in [-0.2, 0) is 19.7 Å². The van der Waals surface area contributed by atoms with Crippen LogP contribution < -0.4 is 10.6 Å². The van der Waals surface area contributed by atoms with Crippen LogP contribution >= 0.6 is 23.2 Å². The highest BCUT2D eigenvalue weighted by atomic mass is 35.5. The lowest BCUT2D eigenvalue weighted by Crippen LogP contribution is -2.49. The van der Waals surface area contributed by atoms with E-state index in [-0.39, 0.29) is 33.2 Å². The number of fused-ring (bicyclic) bond motifs is 2. The molecule has 5 nitrogen and oxygen atoms in total. The second kappa shape index (κ2) is 11.3. The molecule has 0 aliphatic carbocycles. The van der Waals surface area contributed by atoms with E-state index in [1.54, 1.807) is 12.1 Å². The van der Waals surface area contributed by atoms with E-state index in [0.29, 0.717) is 30.0 Å². The van der Waals surface area contributed by atoms with Crippen LogP contribution in [-0.4, -0.2) is 37.0 Å². The van der Waals surface area contributed by atoms with Crippen molar-refractivity contribution < 1.29 is 23.1 Å². The molecule has 0 bridgehead atoms. The number of rotatable bonds is 7. The normalized spacial score (nSPS) is 26.8.